The molecule has 1 aliphatic carbocycles. The summed E-state index contributed by atoms with van der Waals surface area (Å²) in [6.07, 6.45) is 2.41. The molecule has 0 radical (unpaired) electrons. The van der Waals surface area contributed by atoms with Crippen LogP contribution in [0.2, 0.25) is 0 Å². The molecular weight excluding hydrogens is 385 g/mol. The number of carbonyl (C=O) groups excluding carboxylic acids is 1. The lowest BCUT2D eigenvalue weighted by atomic mass is 10.1. The highest BCUT2D eigenvalue weighted by Gasteiger charge is 2.25. The molecule has 0 atom stereocenters. The lowest BCUT2D eigenvalue weighted by Gasteiger charge is -2.06. The fourth-order valence-corrected chi connectivity index (χ4v) is 3.45. The summed E-state index contributed by atoms with van der Waals surface area (Å²) in [4.78, 5) is 25.0. The second-order valence-electron chi connectivity index (χ2n) is 7.52. The molecule has 0 unspecified atom stereocenters. The number of anilines is 1. The van der Waals surface area contributed by atoms with Crippen molar-refractivity contribution >= 4 is 22.7 Å². The lowest BCUT2D eigenvalue weighted by Crippen LogP contribution is -2.15. The van der Waals surface area contributed by atoms with Gasteiger partial charge in [-0.1, -0.05) is 6.07 Å². The molecule has 0 aliphatic heterocycles. The summed E-state index contributed by atoms with van der Waals surface area (Å²) < 4.78 is 18.9. The number of benzene rings is 2. The van der Waals surface area contributed by atoms with Crippen LogP contribution in [0.15, 0.2) is 63.8 Å². The first-order chi connectivity index (χ1) is 14.5. The Labute approximate surface area is 170 Å². The minimum atomic E-state index is -0.358. The van der Waals surface area contributed by atoms with Crippen LogP contribution in [0.1, 0.15) is 30.0 Å². The number of nitrogens with zero attached hydrogens (tertiary/aromatic N) is 1. The second kappa shape index (κ2) is 7.26. The van der Waals surface area contributed by atoms with Crippen LogP contribution in [-0.4, -0.2) is 16.1 Å². The van der Waals surface area contributed by atoms with E-state index in [9.17, 15) is 14.0 Å². The predicted octanol–water partition coefficient (Wildman–Crippen LogP) is 4.38. The van der Waals surface area contributed by atoms with Crippen molar-refractivity contribution < 1.29 is 13.6 Å². The molecule has 2 aromatic heterocycles. The summed E-state index contributed by atoms with van der Waals surface area (Å²) in [5.74, 6) is 0.829. The summed E-state index contributed by atoms with van der Waals surface area (Å²) in [6, 6.07) is 14.1. The van der Waals surface area contributed by atoms with E-state index < -0.39 is 0 Å². The van der Waals surface area contributed by atoms with Crippen molar-refractivity contribution in [3.8, 4) is 11.3 Å². The van der Waals surface area contributed by atoms with E-state index in [4.69, 9.17) is 4.42 Å². The van der Waals surface area contributed by atoms with Crippen LogP contribution < -0.4 is 10.7 Å². The Hall–Kier alpha value is -3.74. The number of amides is 1. The fourth-order valence-electron chi connectivity index (χ4n) is 3.45. The average molecular weight is 403 g/mol. The second-order valence-corrected chi connectivity index (χ2v) is 7.52. The molecule has 150 valence electrons. The van der Waals surface area contributed by atoms with Gasteiger partial charge in [0.2, 0.25) is 5.91 Å². The van der Waals surface area contributed by atoms with Crippen molar-refractivity contribution in [1.82, 2.24) is 10.2 Å². The third kappa shape index (κ3) is 3.74. The van der Waals surface area contributed by atoms with Gasteiger partial charge in [-0.3, -0.25) is 14.7 Å². The van der Waals surface area contributed by atoms with E-state index in [-0.39, 0.29) is 23.6 Å². The molecule has 2 N–H and O–H groups in total. The molecule has 5 rings (SSSR count). The zero-order valence-corrected chi connectivity index (χ0v) is 15.9. The topological polar surface area (TPSA) is 88.0 Å². The fraction of sp³-hybridized carbons (Fsp3) is 0.174. The summed E-state index contributed by atoms with van der Waals surface area (Å²) in [5.41, 5.74) is 2.54. The number of halogens is 1. The van der Waals surface area contributed by atoms with Gasteiger partial charge in [0.15, 0.2) is 11.2 Å². The molecule has 2 heterocycles. The monoisotopic (exact) mass is 403 g/mol. The number of aromatic nitrogens is 2. The standard InChI is InChI=1S/C23H18FN3O3/c24-16-6-4-15(5-7-16)21-12-19(28)17-9-13(1-8-20(17)30-21)10-23(29)25-22-11-18(26-27-22)14-2-3-14/h1,4-9,11-12,14H,2-3,10H2,(H2,25,26,27,29). The summed E-state index contributed by atoms with van der Waals surface area (Å²) in [5, 5.41) is 10.2. The van der Waals surface area contributed by atoms with Crippen molar-refractivity contribution in [2.24, 2.45) is 0 Å². The van der Waals surface area contributed by atoms with Gasteiger partial charge in [0.25, 0.3) is 0 Å². The molecule has 0 spiro atoms. The first kappa shape index (κ1) is 18.3. The van der Waals surface area contributed by atoms with Crippen LogP contribution in [0.25, 0.3) is 22.3 Å². The van der Waals surface area contributed by atoms with E-state index in [1.165, 1.54) is 18.2 Å². The van der Waals surface area contributed by atoms with Crippen LogP contribution in [0.5, 0.6) is 0 Å². The van der Waals surface area contributed by atoms with Crippen molar-refractivity contribution in [1.29, 1.82) is 0 Å². The van der Waals surface area contributed by atoms with Crippen LogP contribution in [-0.2, 0) is 11.2 Å². The number of fused-ring (bicyclic) bond motifs is 1. The Morgan fingerprint density at radius 1 is 1.13 bits per heavy atom. The number of hydrogen-bond acceptors (Lipinski definition) is 4. The molecule has 0 saturated heterocycles. The van der Waals surface area contributed by atoms with Crippen LogP contribution in [0.4, 0.5) is 10.2 Å². The number of H-pyrrole nitrogens is 1. The number of nitrogens with one attached hydrogen (secondary N) is 2. The van der Waals surface area contributed by atoms with Crippen LogP contribution in [0, 0.1) is 5.82 Å². The van der Waals surface area contributed by atoms with E-state index in [0.717, 1.165) is 18.5 Å². The maximum Gasteiger partial charge on any atom is 0.229 e. The van der Waals surface area contributed by atoms with Crippen molar-refractivity contribution in [3.05, 3.63) is 81.9 Å². The van der Waals surface area contributed by atoms with E-state index in [2.05, 4.69) is 15.5 Å². The molecule has 1 aliphatic rings. The van der Waals surface area contributed by atoms with Gasteiger partial charge in [-0.25, -0.2) is 4.39 Å². The smallest absolute Gasteiger partial charge is 0.229 e. The maximum absolute atomic E-state index is 13.1. The summed E-state index contributed by atoms with van der Waals surface area (Å²) in [7, 11) is 0. The molecule has 2 aromatic carbocycles. The Balaban J connectivity index is 1.35. The van der Waals surface area contributed by atoms with Gasteiger partial charge in [-0.05, 0) is 54.8 Å². The first-order valence-electron chi connectivity index (χ1n) is 9.73. The number of rotatable bonds is 5. The summed E-state index contributed by atoms with van der Waals surface area (Å²) >= 11 is 0. The third-order valence-corrected chi connectivity index (χ3v) is 5.17. The van der Waals surface area contributed by atoms with Gasteiger partial charge in [0.1, 0.15) is 17.2 Å². The lowest BCUT2D eigenvalue weighted by molar-refractivity contribution is -0.115. The normalized spacial score (nSPS) is 13.5. The van der Waals surface area contributed by atoms with E-state index in [0.29, 0.717) is 39.6 Å². The molecule has 30 heavy (non-hydrogen) atoms. The zero-order valence-electron chi connectivity index (χ0n) is 15.9. The van der Waals surface area contributed by atoms with Crippen molar-refractivity contribution in [2.45, 2.75) is 25.2 Å². The van der Waals surface area contributed by atoms with Gasteiger partial charge < -0.3 is 9.73 Å². The largest absolute Gasteiger partial charge is 0.456 e. The van der Waals surface area contributed by atoms with E-state index in [1.807, 2.05) is 6.07 Å². The summed E-state index contributed by atoms with van der Waals surface area (Å²) in [6.45, 7) is 0. The number of carbonyl (C=O) groups is 1. The SMILES string of the molecule is O=C(Cc1ccc2oc(-c3ccc(F)cc3)cc(=O)c2c1)Nc1cc(C2CC2)[nH]n1. The first-order valence-corrected chi connectivity index (χ1v) is 9.73. The minimum absolute atomic E-state index is 0.112. The van der Waals surface area contributed by atoms with E-state index in [1.54, 1.807) is 30.3 Å². The van der Waals surface area contributed by atoms with Gasteiger partial charge in [0.05, 0.1) is 11.8 Å². The Bertz CT molecular complexity index is 1300. The number of aromatic amines is 1. The van der Waals surface area contributed by atoms with Gasteiger partial charge in [-0.2, -0.15) is 5.10 Å². The quantitative estimate of drug-likeness (QED) is 0.518. The molecule has 4 aromatic rings. The van der Waals surface area contributed by atoms with Crippen molar-refractivity contribution in [2.75, 3.05) is 5.32 Å². The molecule has 1 amide bonds. The molecule has 0 bridgehead atoms. The molecular formula is C23H18FN3O3. The van der Waals surface area contributed by atoms with Crippen LogP contribution >= 0.6 is 0 Å². The number of hydrogen-bond donors (Lipinski definition) is 2. The Morgan fingerprint density at radius 2 is 1.93 bits per heavy atom. The van der Waals surface area contributed by atoms with Gasteiger partial charge in [-0.15, -0.1) is 0 Å². The van der Waals surface area contributed by atoms with E-state index >= 15 is 0 Å². The Morgan fingerprint density at radius 3 is 2.70 bits per heavy atom. The third-order valence-electron chi connectivity index (χ3n) is 5.17. The predicted molar refractivity (Wildman–Crippen MR) is 111 cm³/mol. The average Bonchev–Trinajstić information content (AvgIpc) is 3.48. The molecule has 1 saturated carbocycles. The van der Waals surface area contributed by atoms with Crippen molar-refractivity contribution in [3.63, 3.8) is 0 Å². The molecule has 7 heteroatoms. The Kier molecular flexibility index (Phi) is 4.43. The molecule has 6 nitrogen and oxygen atoms in total. The highest BCUT2D eigenvalue weighted by atomic mass is 19.1. The highest BCUT2D eigenvalue weighted by Crippen LogP contribution is 2.39. The minimum Gasteiger partial charge on any atom is -0.456 e. The van der Waals surface area contributed by atoms with Gasteiger partial charge in [0, 0.05) is 29.3 Å². The van der Waals surface area contributed by atoms with Gasteiger partial charge >= 0.3 is 0 Å². The molecule has 1 fully saturated rings. The highest BCUT2D eigenvalue weighted by molar-refractivity contribution is 5.92. The van der Waals surface area contributed by atoms with Crippen LogP contribution in [0.3, 0.4) is 0 Å². The zero-order chi connectivity index (χ0) is 20.7. The maximum atomic E-state index is 13.1.